The van der Waals surface area contributed by atoms with E-state index >= 15 is 0 Å². The van der Waals surface area contributed by atoms with E-state index in [2.05, 4.69) is 247 Å². The van der Waals surface area contributed by atoms with Gasteiger partial charge in [-0.15, -0.1) is 0 Å². The van der Waals surface area contributed by atoms with Gasteiger partial charge in [-0.25, -0.2) is 0 Å². The number of hydrogen-bond donors (Lipinski definition) is 0. The Morgan fingerprint density at radius 2 is 0.587 bits per heavy atom. The van der Waals surface area contributed by atoms with Crippen molar-refractivity contribution < 1.29 is 13.7 Å². The van der Waals surface area contributed by atoms with E-state index in [0.717, 1.165) is 99.6 Å². The quantitative estimate of drug-likeness (QED) is 0.158. The predicted octanol–water partition coefficient (Wildman–Crippen LogP) is 24.3. The zero-order chi connectivity index (χ0) is 72.3. The highest BCUT2D eigenvalue weighted by Gasteiger charge is 2.32. The zero-order valence-electron chi connectivity index (χ0n) is 64.4. The van der Waals surface area contributed by atoms with Crippen molar-refractivity contribution in [2.24, 2.45) is 0 Å². The van der Waals surface area contributed by atoms with Crippen LogP contribution < -0.4 is 0 Å². The molecule has 0 bridgehead atoms. The number of fused-ring (bicyclic) bond motifs is 12. The van der Waals surface area contributed by atoms with Crippen molar-refractivity contribution in [2.45, 2.75) is 105 Å². The molecular weight excluding hydrogens is 1110 g/mol. The highest BCUT2D eigenvalue weighted by atomic mass is 15.0. The molecule has 0 radical (unpaired) electrons. The molecule has 0 aliphatic rings. The molecule has 0 spiro atoms. The summed E-state index contributed by atoms with van der Waals surface area (Å²) in [5, 5.41) is 8.48. The molecule has 4 nitrogen and oxygen atoms in total. The maximum atomic E-state index is 9.08. The lowest BCUT2D eigenvalue weighted by atomic mass is 9.81. The summed E-state index contributed by atoms with van der Waals surface area (Å²) in [4.78, 5) is 0. The summed E-state index contributed by atoms with van der Waals surface area (Å²) in [6, 6.07) is 68.8. The molecule has 12 aromatic carbocycles. The summed E-state index contributed by atoms with van der Waals surface area (Å²) in [7, 11) is 0. The summed E-state index contributed by atoms with van der Waals surface area (Å²) in [5.74, 6) is 0. The van der Waals surface area contributed by atoms with Gasteiger partial charge in [0.15, 0.2) is 0 Å². The molecule has 0 aliphatic heterocycles. The average Bonchev–Trinajstić information content (AvgIpc) is 1.55. The second kappa shape index (κ2) is 21.8. The van der Waals surface area contributed by atoms with Crippen LogP contribution in [0.1, 0.15) is 119 Å². The molecular formula is C88H80N4. The molecule has 92 heavy (non-hydrogen) atoms. The Kier molecular flexibility index (Phi) is 11.3. The van der Waals surface area contributed by atoms with Gasteiger partial charge in [0, 0.05) is 54.5 Å². The van der Waals surface area contributed by atoms with Crippen molar-refractivity contribution in [3.8, 4) is 45.0 Å². The van der Waals surface area contributed by atoms with Crippen LogP contribution in [-0.4, -0.2) is 18.3 Å². The van der Waals surface area contributed by atoms with Crippen molar-refractivity contribution in [2.75, 3.05) is 0 Å². The average molecular weight is 1200 g/mol. The number of aromatic nitrogens is 4. The lowest BCUT2D eigenvalue weighted by molar-refractivity contribution is 0.590. The van der Waals surface area contributed by atoms with E-state index in [4.69, 9.17) is 13.7 Å². The lowest BCUT2D eigenvalue weighted by Gasteiger charge is -2.26. The molecule has 0 saturated heterocycles. The molecule has 0 saturated carbocycles. The molecule has 4 heteroatoms. The van der Waals surface area contributed by atoms with E-state index in [1.54, 1.807) is 0 Å². The molecule has 16 aromatic rings. The van der Waals surface area contributed by atoms with Crippen LogP contribution in [0.2, 0.25) is 0 Å². The fraction of sp³-hybridized carbons (Fsp3) is 0.182. The van der Waals surface area contributed by atoms with Crippen LogP contribution in [0.25, 0.3) is 132 Å². The van der Waals surface area contributed by atoms with Gasteiger partial charge in [-0.05, 0) is 163 Å². The van der Waals surface area contributed by atoms with E-state index in [9.17, 15) is 0 Å². The third-order valence-corrected chi connectivity index (χ3v) is 18.5. The fourth-order valence-electron chi connectivity index (χ4n) is 14.5. The van der Waals surface area contributed by atoms with Crippen LogP contribution in [0.5, 0.6) is 0 Å². The molecule has 16 rings (SSSR count). The van der Waals surface area contributed by atoms with Gasteiger partial charge in [-0.2, -0.15) is 0 Å². The first-order valence-corrected chi connectivity index (χ1v) is 31.9. The van der Waals surface area contributed by atoms with Crippen LogP contribution in [0, 0.1) is 0 Å². The van der Waals surface area contributed by atoms with E-state index in [1.165, 1.54) is 32.7 Å². The zero-order valence-corrected chi connectivity index (χ0v) is 54.4. The van der Waals surface area contributed by atoms with E-state index in [-0.39, 0.29) is 75.7 Å². The number of rotatable bonds is 6. The minimum absolute atomic E-state index is 0.0290. The maximum Gasteiger partial charge on any atom is 0.0629 e. The topological polar surface area (TPSA) is 19.7 Å². The molecule has 0 atom stereocenters. The Morgan fingerprint density at radius 1 is 0.261 bits per heavy atom. The third-order valence-electron chi connectivity index (χ3n) is 18.5. The first kappa shape index (κ1) is 47.7. The van der Waals surface area contributed by atoms with Gasteiger partial charge in [0.1, 0.15) is 0 Å². The molecule has 452 valence electrons. The Bertz CT molecular complexity index is 5980. The number of hydrogen-bond acceptors (Lipinski definition) is 0. The van der Waals surface area contributed by atoms with Gasteiger partial charge in [-0.3, -0.25) is 0 Å². The van der Waals surface area contributed by atoms with Crippen LogP contribution >= 0.6 is 0 Å². The molecule has 0 amide bonds. The normalized spacial score (nSPS) is 14.1. The summed E-state index contributed by atoms with van der Waals surface area (Å²) >= 11 is 0. The molecule has 0 unspecified atom stereocenters. The largest absolute Gasteiger partial charge is 0.309 e. The standard InChI is InChI=1S/C48H48N2.C40H32N2/c1-46(2,3)32-23-25-38-36(29-32)37-30-33(47(4,5)6)24-26-39(37)50(38)42-28-27-41-44(45(42)48(7,8)9)43-35(31-17-12-10-13-18-31)21-16-22-40(43)49(41)34-19-14-11-15-20-34;1-40(2,3)39-36(42-32-22-12-10-19-30(32)31-20-11-13-23-33(31)42)26-25-35-38(39)37-29(27-15-6-4-7-16-27)21-14-24-34(37)41(35)28-17-8-5-9-18-28/h10-30H,1-9H3;4-26H,1-3H3/i10D,12D,13D,17D,18D;4D,6D,7D,15D,16D. The Balaban J connectivity index is 0.000000167. The van der Waals surface area contributed by atoms with Gasteiger partial charge in [0.25, 0.3) is 0 Å². The van der Waals surface area contributed by atoms with E-state index in [1.807, 2.05) is 60.7 Å². The van der Waals surface area contributed by atoms with Crippen LogP contribution in [0.4, 0.5) is 0 Å². The summed E-state index contributed by atoms with van der Waals surface area (Å²) in [6.45, 7) is 26.9. The maximum absolute atomic E-state index is 9.08. The van der Waals surface area contributed by atoms with Gasteiger partial charge < -0.3 is 18.3 Å². The smallest absolute Gasteiger partial charge is 0.0629 e. The second-order valence-corrected chi connectivity index (χ2v) is 28.6. The molecule has 4 heterocycles. The van der Waals surface area contributed by atoms with Gasteiger partial charge >= 0.3 is 0 Å². The minimum atomic E-state index is -0.397. The monoisotopic (exact) mass is 1200 g/mol. The second-order valence-electron chi connectivity index (χ2n) is 28.6. The SMILES string of the molecule is [2H]c1c([2H])c([2H])c(-c2cccc3c2c2c(C(C)(C)C)c(-n4c5ccc(C(C)(C)C)cc5c5cc(C(C)(C)C)ccc54)ccc2n3-c2ccccc2)c([2H])c1[2H].[2H]c1c([2H])c([2H])c(-c2cccc3c2c2c(C(C)(C)C)c(-n4c5ccccc5c5ccccc54)ccc2n3-c2ccccc2)c([2H])c1[2H]. The minimum Gasteiger partial charge on any atom is -0.309 e. The van der Waals surface area contributed by atoms with Crippen molar-refractivity contribution >= 4 is 87.2 Å². The third kappa shape index (κ3) is 9.56. The molecule has 0 aliphatic carbocycles. The first-order valence-electron chi connectivity index (χ1n) is 36.9. The van der Waals surface area contributed by atoms with Crippen LogP contribution in [0.3, 0.4) is 0 Å². The van der Waals surface area contributed by atoms with Crippen LogP contribution in [-0.2, 0) is 21.7 Å². The highest BCUT2D eigenvalue weighted by Crippen LogP contribution is 2.50. The number of nitrogens with zero attached hydrogens (tertiary/aromatic N) is 4. The Hall–Kier alpha value is -10.2. The molecule has 4 aromatic heterocycles. The fourth-order valence-corrected chi connectivity index (χ4v) is 14.5. The lowest BCUT2D eigenvalue weighted by Crippen LogP contribution is -2.16. The summed E-state index contributed by atoms with van der Waals surface area (Å²) in [5.41, 5.74) is 17.9. The summed E-state index contributed by atoms with van der Waals surface area (Å²) < 4.78 is 96.2. The predicted molar refractivity (Wildman–Crippen MR) is 396 cm³/mol. The first-order chi connectivity index (χ1) is 48.4. The Labute approximate surface area is 555 Å². The summed E-state index contributed by atoms with van der Waals surface area (Å²) in [6.07, 6.45) is 0. The van der Waals surface area contributed by atoms with Gasteiger partial charge in [-0.1, -0.05) is 253 Å². The molecule has 0 N–H and O–H groups in total. The number of para-hydroxylation sites is 4. The Morgan fingerprint density at radius 3 is 0.957 bits per heavy atom. The van der Waals surface area contributed by atoms with E-state index in [0.29, 0.717) is 11.1 Å². The van der Waals surface area contributed by atoms with E-state index < -0.39 is 17.5 Å². The van der Waals surface area contributed by atoms with Crippen molar-refractivity contribution in [3.63, 3.8) is 0 Å². The number of benzene rings is 12. The highest BCUT2D eigenvalue weighted by molar-refractivity contribution is 6.21. The van der Waals surface area contributed by atoms with Crippen molar-refractivity contribution in [1.29, 1.82) is 0 Å². The van der Waals surface area contributed by atoms with Gasteiger partial charge in [0.05, 0.1) is 69.2 Å². The van der Waals surface area contributed by atoms with Crippen LogP contribution in [0.15, 0.2) is 267 Å². The van der Waals surface area contributed by atoms with Crippen molar-refractivity contribution in [1.82, 2.24) is 18.3 Å². The van der Waals surface area contributed by atoms with Gasteiger partial charge in [0.2, 0.25) is 0 Å². The molecule has 0 fully saturated rings. The van der Waals surface area contributed by atoms with Crippen molar-refractivity contribution in [3.05, 3.63) is 289 Å².